The fourth-order valence-electron chi connectivity index (χ4n) is 1.78. The molecular weight excluding hydrogens is 330 g/mol. The monoisotopic (exact) mass is 340 g/mol. The van der Waals surface area contributed by atoms with Gasteiger partial charge in [-0.15, -0.1) is 0 Å². The Kier molecular flexibility index (Phi) is 4.18. The van der Waals surface area contributed by atoms with Crippen LogP contribution in [0.15, 0.2) is 34.8 Å². The summed E-state index contributed by atoms with van der Waals surface area (Å²) < 4.78 is 32.9. The first-order valence-electron chi connectivity index (χ1n) is 5.78. The van der Waals surface area contributed by atoms with E-state index in [0.717, 1.165) is 0 Å². The van der Waals surface area contributed by atoms with Gasteiger partial charge in [0.25, 0.3) is 0 Å². The average Bonchev–Trinajstić information content (AvgIpc) is 2.44. The molecule has 0 amide bonds. The SMILES string of the molecule is COc1ccc(C(=O)c2ccc(C)c(F)c2F)cc1Br. The number of carbonyl (C=O) groups excluding carboxylic acids is 1. The van der Waals surface area contributed by atoms with Gasteiger partial charge in [0.2, 0.25) is 0 Å². The van der Waals surface area contributed by atoms with Crippen LogP contribution in [-0.4, -0.2) is 12.9 Å². The molecule has 0 aliphatic carbocycles. The van der Waals surface area contributed by atoms with Crippen LogP contribution in [0, 0.1) is 18.6 Å². The Hall–Kier alpha value is -1.75. The van der Waals surface area contributed by atoms with Gasteiger partial charge in [0.1, 0.15) is 5.75 Å². The Bertz CT molecular complexity index is 684. The zero-order valence-electron chi connectivity index (χ0n) is 10.8. The molecule has 2 aromatic carbocycles. The van der Waals surface area contributed by atoms with Crippen LogP contribution in [0.25, 0.3) is 0 Å². The molecule has 0 saturated carbocycles. The third-order valence-corrected chi connectivity index (χ3v) is 3.55. The summed E-state index contributed by atoms with van der Waals surface area (Å²) in [5.41, 5.74) is 0.125. The molecular formula is C15H11BrF2O2. The normalized spacial score (nSPS) is 10.4. The van der Waals surface area contributed by atoms with Crippen molar-refractivity contribution in [3.63, 3.8) is 0 Å². The number of carbonyl (C=O) groups is 1. The number of ether oxygens (including phenoxy) is 1. The van der Waals surface area contributed by atoms with E-state index in [1.165, 1.54) is 38.3 Å². The molecule has 0 N–H and O–H groups in total. The number of benzene rings is 2. The molecule has 0 unspecified atom stereocenters. The first kappa shape index (κ1) is 14.7. The molecule has 0 saturated heterocycles. The van der Waals surface area contributed by atoms with Crippen LogP contribution in [-0.2, 0) is 0 Å². The van der Waals surface area contributed by atoms with E-state index in [4.69, 9.17) is 4.74 Å². The van der Waals surface area contributed by atoms with Gasteiger partial charge in [-0.1, -0.05) is 6.07 Å². The van der Waals surface area contributed by atoms with Gasteiger partial charge < -0.3 is 4.74 Å². The molecule has 104 valence electrons. The van der Waals surface area contributed by atoms with Gasteiger partial charge in [0, 0.05) is 5.56 Å². The number of methoxy groups -OCH3 is 1. The predicted octanol–water partition coefficient (Wildman–Crippen LogP) is 4.28. The van der Waals surface area contributed by atoms with Crippen LogP contribution >= 0.6 is 15.9 Å². The maximum absolute atomic E-state index is 13.8. The minimum absolute atomic E-state index is 0.162. The lowest BCUT2D eigenvalue weighted by Gasteiger charge is -2.08. The van der Waals surface area contributed by atoms with Gasteiger partial charge >= 0.3 is 0 Å². The zero-order chi connectivity index (χ0) is 14.9. The Balaban J connectivity index is 2.47. The van der Waals surface area contributed by atoms with Crippen molar-refractivity contribution < 1.29 is 18.3 Å². The molecule has 0 spiro atoms. The highest BCUT2D eigenvalue weighted by Gasteiger charge is 2.19. The maximum atomic E-state index is 13.8. The molecule has 20 heavy (non-hydrogen) atoms. The summed E-state index contributed by atoms with van der Waals surface area (Å²) in [6.45, 7) is 1.44. The van der Waals surface area contributed by atoms with E-state index >= 15 is 0 Å². The Morgan fingerprint density at radius 3 is 2.45 bits per heavy atom. The molecule has 0 bridgehead atoms. The fraction of sp³-hybridized carbons (Fsp3) is 0.133. The second kappa shape index (κ2) is 5.71. The molecule has 5 heteroatoms. The summed E-state index contributed by atoms with van der Waals surface area (Å²) in [5, 5.41) is 0. The van der Waals surface area contributed by atoms with Crippen molar-refractivity contribution in [1.29, 1.82) is 0 Å². The van der Waals surface area contributed by atoms with Crippen molar-refractivity contribution in [2.24, 2.45) is 0 Å². The molecule has 0 aliphatic rings. The van der Waals surface area contributed by atoms with Crippen LogP contribution < -0.4 is 4.74 Å². The van der Waals surface area contributed by atoms with Gasteiger partial charge in [0.05, 0.1) is 17.1 Å². The smallest absolute Gasteiger partial charge is 0.196 e. The number of ketones is 1. The van der Waals surface area contributed by atoms with Gasteiger partial charge in [-0.2, -0.15) is 0 Å². The first-order chi connectivity index (χ1) is 9.45. The zero-order valence-corrected chi connectivity index (χ0v) is 12.4. The highest BCUT2D eigenvalue weighted by Crippen LogP contribution is 2.27. The van der Waals surface area contributed by atoms with Crippen molar-refractivity contribution in [3.8, 4) is 5.75 Å². The van der Waals surface area contributed by atoms with E-state index in [1.54, 1.807) is 6.07 Å². The van der Waals surface area contributed by atoms with E-state index in [1.807, 2.05) is 0 Å². The minimum Gasteiger partial charge on any atom is -0.496 e. The summed E-state index contributed by atoms with van der Waals surface area (Å²) in [6.07, 6.45) is 0. The average molecular weight is 341 g/mol. The van der Waals surface area contributed by atoms with E-state index in [-0.39, 0.29) is 16.7 Å². The Morgan fingerprint density at radius 1 is 1.15 bits per heavy atom. The molecule has 0 aromatic heterocycles. The van der Waals surface area contributed by atoms with Crippen LogP contribution in [0.2, 0.25) is 0 Å². The molecule has 0 heterocycles. The van der Waals surface area contributed by atoms with Crippen molar-refractivity contribution in [2.75, 3.05) is 7.11 Å². The Labute approximate surface area is 123 Å². The van der Waals surface area contributed by atoms with Crippen LogP contribution in [0.4, 0.5) is 8.78 Å². The molecule has 0 fully saturated rings. The topological polar surface area (TPSA) is 26.3 Å². The number of hydrogen-bond acceptors (Lipinski definition) is 2. The van der Waals surface area contributed by atoms with E-state index < -0.39 is 17.4 Å². The van der Waals surface area contributed by atoms with Gasteiger partial charge in [0.15, 0.2) is 17.4 Å². The summed E-state index contributed by atoms with van der Waals surface area (Å²) >= 11 is 3.25. The van der Waals surface area contributed by atoms with Gasteiger partial charge in [-0.3, -0.25) is 4.79 Å². The molecule has 0 atom stereocenters. The first-order valence-corrected chi connectivity index (χ1v) is 6.58. The van der Waals surface area contributed by atoms with Crippen molar-refractivity contribution in [2.45, 2.75) is 6.92 Å². The molecule has 2 aromatic rings. The molecule has 2 rings (SSSR count). The van der Waals surface area contributed by atoms with Crippen molar-refractivity contribution in [1.82, 2.24) is 0 Å². The van der Waals surface area contributed by atoms with Crippen LogP contribution in [0.5, 0.6) is 5.75 Å². The third kappa shape index (κ3) is 2.58. The van der Waals surface area contributed by atoms with Crippen LogP contribution in [0.1, 0.15) is 21.5 Å². The van der Waals surface area contributed by atoms with E-state index in [9.17, 15) is 13.6 Å². The second-order valence-corrected chi connectivity index (χ2v) is 5.09. The lowest BCUT2D eigenvalue weighted by atomic mass is 10.0. The van der Waals surface area contributed by atoms with Gasteiger partial charge in [-0.05, 0) is 52.7 Å². The van der Waals surface area contributed by atoms with Crippen molar-refractivity contribution in [3.05, 3.63) is 63.1 Å². The standard InChI is InChI=1S/C15H11BrF2O2/c1-8-3-5-10(14(18)13(8)17)15(19)9-4-6-12(20-2)11(16)7-9/h3-7H,1-2H3. The number of halogens is 3. The van der Waals surface area contributed by atoms with E-state index in [0.29, 0.717) is 10.2 Å². The number of hydrogen-bond donors (Lipinski definition) is 0. The lowest BCUT2D eigenvalue weighted by Crippen LogP contribution is -2.07. The molecule has 0 radical (unpaired) electrons. The highest BCUT2D eigenvalue weighted by molar-refractivity contribution is 9.10. The Morgan fingerprint density at radius 2 is 1.85 bits per heavy atom. The number of aryl methyl sites for hydroxylation is 1. The largest absolute Gasteiger partial charge is 0.496 e. The van der Waals surface area contributed by atoms with Crippen LogP contribution in [0.3, 0.4) is 0 Å². The van der Waals surface area contributed by atoms with Gasteiger partial charge in [-0.25, -0.2) is 8.78 Å². The highest BCUT2D eigenvalue weighted by atomic mass is 79.9. The number of rotatable bonds is 3. The lowest BCUT2D eigenvalue weighted by molar-refractivity contribution is 0.103. The second-order valence-electron chi connectivity index (χ2n) is 4.24. The fourth-order valence-corrected chi connectivity index (χ4v) is 2.33. The summed E-state index contributed by atoms with van der Waals surface area (Å²) in [5.74, 6) is -2.15. The molecule has 2 nitrogen and oxygen atoms in total. The predicted molar refractivity (Wildman–Crippen MR) is 75.2 cm³/mol. The quantitative estimate of drug-likeness (QED) is 0.779. The maximum Gasteiger partial charge on any atom is 0.196 e. The van der Waals surface area contributed by atoms with Crippen molar-refractivity contribution >= 4 is 21.7 Å². The summed E-state index contributed by atoms with van der Waals surface area (Å²) in [7, 11) is 1.50. The summed E-state index contributed by atoms with van der Waals surface area (Å²) in [4.78, 5) is 12.2. The minimum atomic E-state index is -1.12. The molecule has 0 aliphatic heterocycles. The summed E-state index contributed by atoms with van der Waals surface area (Å²) in [6, 6.07) is 7.26. The van der Waals surface area contributed by atoms with E-state index in [2.05, 4.69) is 15.9 Å². The third-order valence-electron chi connectivity index (χ3n) is 2.93.